The molecule has 2 heterocycles. The average molecular weight is 353 g/mol. The first-order valence-corrected chi connectivity index (χ1v) is 9.15. The van der Waals surface area contributed by atoms with Gasteiger partial charge in [-0.15, -0.1) is 0 Å². The van der Waals surface area contributed by atoms with E-state index in [0.717, 1.165) is 39.9 Å². The minimum Gasteiger partial charge on any atom is -0.497 e. The number of hydrogen-bond donors (Lipinski definition) is 1. The number of methoxy groups -OCH3 is 1. The van der Waals surface area contributed by atoms with Crippen LogP contribution in [0.1, 0.15) is 23.2 Å². The van der Waals surface area contributed by atoms with E-state index in [-0.39, 0.29) is 5.91 Å². The van der Waals surface area contributed by atoms with E-state index >= 15 is 0 Å². The Bertz CT molecular complexity index is 899. The van der Waals surface area contributed by atoms with E-state index in [4.69, 9.17) is 9.72 Å². The van der Waals surface area contributed by atoms with Crippen LogP contribution in [0.3, 0.4) is 0 Å². The first-order chi connectivity index (χ1) is 12.2. The van der Waals surface area contributed by atoms with Crippen LogP contribution < -0.4 is 15.0 Å². The second-order valence-corrected chi connectivity index (χ2v) is 7.06. The number of benzene rings is 2. The van der Waals surface area contributed by atoms with Crippen molar-refractivity contribution in [1.29, 1.82) is 0 Å². The summed E-state index contributed by atoms with van der Waals surface area (Å²) < 4.78 is 6.21. The van der Waals surface area contributed by atoms with Gasteiger partial charge in [-0.1, -0.05) is 11.3 Å². The van der Waals surface area contributed by atoms with Crippen LogP contribution in [0.4, 0.5) is 10.8 Å². The maximum atomic E-state index is 12.4. The number of carbonyl (C=O) groups excluding carboxylic acids is 1. The summed E-state index contributed by atoms with van der Waals surface area (Å²) in [7, 11) is 1.61. The largest absolute Gasteiger partial charge is 0.497 e. The Balaban J connectivity index is 1.53. The quantitative estimate of drug-likeness (QED) is 0.765. The molecule has 1 saturated heterocycles. The Morgan fingerprint density at radius 1 is 1.16 bits per heavy atom. The van der Waals surface area contributed by atoms with E-state index in [1.165, 1.54) is 12.8 Å². The SMILES string of the molecule is COc1ccc(C(=O)Nc2ccc3nc(N4CCCC4)sc3c2)cc1. The number of ether oxygens (including phenoxy) is 1. The second-order valence-electron chi connectivity index (χ2n) is 6.06. The summed E-state index contributed by atoms with van der Waals surface area (Å²) in [5.74, 6) is 0.600. The topological polar surface area (TPSA) is 54.5 Å². The molecule has 1 aliphatic heterocycles. The molecule has 25 heavy (non-hydrogen) atoms. The van der Waals surface area contributed by atoms with Crippen LogP contribution in [0.15, 0.2) is 42.5 Å². The van der Waals surface area contributed by atoms with Crippen molar-refractivity contribution < 1.29 is 9.53 Å². The van der Waals surface area contributed by atoms with Crippen LogP contribution in [0, 0.1) is 0 Å². The summed E-state index contributed by atoms with van der Waals surface area (Å²) in [6, 6.07) is 12.9. The third kappa shape index (κ3) is 3.30. The van der Waals surface area contributed by atoms with E-state index in [2.05, 4.69) is 10.2 Å². The van der Waals surface area contributed by atoms with Gasteiger partial charge in [-0.25, -0.2) is 4.98 Å². The molecule has 2 aromatic carbocycles. The summed E-state index contributed by atoms with van der Waals surface area (Å²) in [5.41, 5.74) is 2.36. The van der Waals surface area contributed by atoms with Crippen molar-refractivity contribution in [2.75, 3.05) is 30.4 Å². The van der Waals surface area contributed by atoms with Gasteiger partial charge in [0.05, 0.1) is 17.3 Å². The number of rotatable bonds is 4. The molecule has 1 fully saturated rings. The molecule has 0 bridgehead atoms. The first-order valence-electron chi connectivity index (χ1n) is 8.34. The van der Waals surface area contributed by atoms with E-state index < -0.39 is 0 Å². The Hall–Kier alpha value is -2.60. The number of hydrogen-bond acceptors (Lipinski definition) is 5. The fraction of sp³-hybridized carbons (Fsp3) is 0.263. The van der Waals surface area contributed by atoms with Gasteiger partial charge < -0.3 is 15.0 Å². The maximum absolute atomic E-state index is 12.4. The van der Waals surface area contributed by atoms with Crippen molar-refractivity contribution in [3.8, 4) is 5.75 Å². The molecule has 0 spiro atoms. The van der Waals surface area contributed by atoms with Crippen LogP contribution in [0.25, 0.3) is 10.2 Å². The molecule has 0 unspecified atom stereocenters. The standard InChI is InChI=1S/C19H19N3O2S/c1-24-15-7-4-13(5-8-15)18(23)20-14-6-9-16-17(12-14)25-19(21-16)22-10-2-3-11-22/h4-9,12H,2-3,10-11H2,1H3,(H,20,23). The van der Waals surface area contributed by atoms with Gasteiger partial charge in [0.15, 0.2) is 5.13 Å². The van der Waals surface area contributed by atoms with Crippen molar-refractivity contribution in [3.63, 3.8) is 0 Å². The third-order valence-corrected chi connectivity index (χ3v) is 5.44. The van der Waals surface area contributed by atoms with E-state index in [9.17, 15) is 4.79 Å². The van der Waals surface area contributed by atoms with Crippen LogP contribution in [-0.2, 0) is 0 Å². The average Bonchev–Trinajstić information content (AvgIpc) is 3.30. The lowest BCUT2D eigenvalue weighted by Crippen LogP contribution is -2.16. The summed E-state index contributed by atoms with van der Waals surface area (Å²) in [6.07, 6.45) is 2.47. The molecular formula is C19H19N3O2S. The lowest BCUT2D eigenvalue weighted by atomic mass is 10.2. The minimum absolute atomic E-state index is 0.133. The molecule has 0 saturated carbocycles. The van der Waals surface area contributed by atoms with Crippen molar-refractivity contribution >= 4 is 38.3 Å². The smallest absolute Gasteiger partial charge is 0.255 e. The fourth-order valence-corrected chi connectivity index (χ4v) is 4.04. The normalized spacial score (nSPS) is 14.0. The Labute approximate surface area is 150 Å². The second kappa shape index (κ2) is 6.72. The van der Waals surface area contributed by atoms with Crippen LogP contribution in [-0.4, -0.2) is 31.1 Å². The van der Waals surface area contributed by atoms with Crippen molar-refractivity contribution in [3.05, 3.63) is 48.0 Å². The van der Waals surface area contributed by atoms with E-state index in [0.29, 0.717) is 5.56 Å². The van der Waals surface area contributed by atoms with Gasteiger partial charge in [0.1, 0.15) is 5.75 Å². The Morgan fingerprint density at radius 3 is 2.64 bits per heavy atom. The lowest BCUT2D eigenvalue weighted by Gasteiger charge is -2.11. The highest BCUT2D eigenvalue weighted by atomic mass is 32.1. The number of nitrogens with zero attached hydrogens (tertiary/aromatic N) is 2. The molecule has 0 atom stereocenters. The van der Waals surface area contributed by atoms with Crippen LogP contribution in [0.2, 0.25) is 0 Å². The zero-order chi connectivity index (χ0) is 17.2. The van der Waals surface area contributed by atoms with Gasteiger partial charge in [0.25, 0.3) is 5.91 Å². The number of thiazole rings is 1. The van der Waals surface area contributed by atoms with Crippen molar-refractivity contribution in [1.82, 2.24) is 4.98 Å². The summed E-state index contributed by atoms with van der Waals surface area (Å²) >= 11 is 1.68. The predicted molar refractivity (Wildman–Crippen MR) is 102 cm³/mol. The van der Waals surface area contributed by atoms with Gasteiger partial charge in [0, 0.05) is 24.3 Å². The maximum Gasteiger partial charge on any atom is 0.255 e. The zero-order valence-electron chi connectivity index (χ0n) is 14.0. The Morgan fingerprint density at radius 2 is 1.92 bits per heavy atom. The molecule has 4 rings (SSSR count). The first kappa shape index (κ1) is 15.9. The van der Waals surface area contributed by atoms with E-state index in [1.807, 2.05) is 18.2 Å². The molecule has 1 aromatic heterocycles. The van der Waals surface area contributed by atoms with Gasteiger partial charge in [0.2, 0.25) is 0 Å². The number of anilines is 2. The van der Waals surface area contributed by atoms with Gasteiger partial charge in [-0.05, 0) is 55.3 Å². The third-order valence-electron chi connectivity index (χ3n) is 4.36. The molecule has 128 valence electrons. The predicted octanol–water partition coefficient (Wildman–Crippen LogP) is 4.16. The van der Waals surface area contributed by atoms with Crippen molar-refractivity contribution in [2.24, 2.45) is 0 Å². The van der Waals surface area contributed by atoms with Gasteiger partial charge >= 0.3 is 0 Å². The number of fused-ring (bicyclic) bond motifs is 1. The summed E-state index contributed by atoms with van der Waals surface area (Å²) in [4.78, 5) is 19.4. The van der Waals surface area contributed by atoms with E-state index in [1.54, 1.807) is 42.7 Å². The molecule has 0 radical (unpaired) electrons. The molecule has 5 nitrogen and oxygen atoms in total. The Kier molecular flexibility index (Phi) is 4.28. The highest BCUT2D eigenvalue weighted by Crippen LogP contribution is 2.32. The molecule has 1 N–H and O–H groups in total. The lowest BCUT2D eigenvalue weighted by molar-refractivity contribution is 0.102. The molecule has 0 aliphatic carbocycles. The van der Waals surface area contributed by atoms with Crippen LogP contribution >= 0.6 is 11.3 Å². The number of aromatic nitrogens is 1. The van der Waals surface area contributed by atoms with Gasteiger partial charge in [-0.2, -0.15) is 0 Å². The highest BCUT2D eigenvalue weighted by molar-refractivity contribution is 7.22. The fourth-order valence-electron chi connectivity index (χ4n) is 2.98. The van der Waals surface area contributed by atoms with Crippen LogP contribution in [0.5, 0.6) is 5.75 Å². The molecule has 1 aliphatic rings. The number of nitrogens with one attached hydrogen (secondary N) is 1. The molecular weight excluding hydrogens is 334 g/mol. The van der Waals surface area contributed by atoms with Crippen molar-refractivity contribution in [2.45, 2.75) is 12.8 Å². The minimum atomic E-state index is -0.133. The van der Waals surface area contributed by atoms with Gasteiger partial charge in [-0.3, -0.25) is 4.79 Å². The highest BCUT2D eigenvalue weighted by Gasteiger charge is 2.16. The zero-order valence-corrected chi connectivity index (χ0v) is 14.8. The number of carbonyl (C=O) groups is 1. The number of amides is 1. The summed E-state index contributed by atoms with van der Waals surface area (Å²) in [5, 5.41) is 4.03. The molecule has 6 heteroatoms. The molecule has 1 amide bonds. The summed E-state index contributed by atoms with van der Waals surface area (Å²) in [6.45, 7) is 2.17. The molecule has 3 aromatic rings. The monoisotopic (exact) mass is 353 g/mol.